The van der Waals surface area contributed by atoms with E-state index in [0.717, 1.165) is 12.8 Å². The quantitative estimate of drug-likeness (QED) is 0.656. The van der Waals surface area contributed by atoms with E-state index in [0.29, 0.717) is 12.1 Å². The van der Waals surface area contributed by atoms with Gasteiger partial charge in [0.05, 0.1) is 0 Å². The second-order valence-electron chi connectivity index (χ2n) is 5.69. The third-order valence-electron chi connectivity index (χ3n) is 4.41. The first-order valence-corrected chi connectivity index (χ1v) is 6.91. The lowest BCUT2D eigenvalue weighted by atomic mass is 9.98. The SMILES string of the molecule is CN(C(=O)c1ccc([N+](=O)[O-])[nH]1)C1CC2CCC(C1)N2.Cl. The minimum absolute atomic E-state index is 0. The second kappa shape index (κ2) is 6.03. The first kappa shape index (κ1) is 15.8. The normalized spacial score (nSPS) is 27.0. The maximum Gasteiger partial charge on any atom is 0.321 e. The number of nitrogens with one attached hydrogen (secondary N) is 2. The van der Waals surface area contributed by atoms with Crippen LogP contribution in [0.2, 0.25) is 0 Å². The molecule has 2 bridgehead atoms. The zero-order chi connectivity index (χ0) is 14.3. The molecule has 2 unspecified atom stereocenters. The number of carbonyl (C=O) groups excluding carboxylic acids is 1. The molecule has 0 spiro atoms. The van der Waals surface area contributed by atoms with E-state index in [1.165, 1.54) is 25.0 Å². The number of halogens is 1. The summed E-state index contributed by atoms with van der Waals surface area (Å²) in [7, 11) is 1.78. The van der Waals surface area contributed by atoms with Crippen molar-refractivity contribution in [1.29, 1.82) is 0 Å². The molecule has 2 N–H and O–H groups in total. The van der Waals surface area contributed by atoms with Gasteiger partial charge in [0, 0.05) is 31.2 Å². The number of hydrogen-bond donors (Lipinski definition) is 2. The summed E-state index contributed by atoms with van der Waals surface area (Å²) in [6, 6.07) is 4.03. The average Bonchev–Trinajstić information content (AvgIpc) is 3.04. The minimum Gasteiger partial charge on any atom is -0.358 e. The summed E-state index contributed by atoms with van der Waals surface area (Å²) < 4.78 is 0. The average molecular weight is 315 g/mol. The Balaban J connectivity index is 0.00000161. The van der Waals surface area contributed by atoms with Gasteiger partial charge in [0.25, 0.3) is 5.91 Å². The number of hydrogen-bond acceptors (Lipinski definition) is 4. The van der Waals surface area contributed by atoms with Crippen LogP contribution < -0.4 is 5.32 Å². The summed E-state index contributed by atoms with van der Waals surface area (Å²) in [5.41, 5.74) is 0.282. The first-order chi connectivity index (χ1) is 9.54. The molecule has 2 aliphatic rings. The van der Waals surface area contributed by atoms with Crippen LogP contribution in [0.3, 0.4) is 0 Å². The van der Waals surface area contributed by atoms with Crippen LogP contribution in [0, 0.1) is 10.1 Å². The van der Waals surface area contributed by atoms with Gasteiger partial charge in [0.15, 0.2) is 5.69 Å². The van der Waals surface area contributed by atoms with Crippen molar-refractivity contribution in [3.05, 3.63) is 27.9 Å². The maximum atomic E-state index is 12.4. The predicted octanol–water partition coefficient (Wildman–Crippen LogP) is 1.70. The Morgan fingerprint density at radius 3 is 2.48 bits per heavy atom. The Morgan fingerprint density at radius 2 is 1.95 bits per heavy atom. The largest absolute Gasteiger partial charge is 0.358 e. The van der Waals surface area contributed by atoms with Crippen molar-refractivity contribution in [1.82, 2.24) is 15.2 Å². The van der Waals surface area contributed by atoms with Crippen LogP contribution >= 0.6 is 12.4 Å². The highest BCUT2D eigenvalue weighted by atomic mass is 35.5. The molecule has 0 aromatic carbocycles. The molecule has 0 saturated carbocycles. The summed E-state index contributed by atoms with van der Waals surface area (Å²) in [6.45, 7) is 0. The molecule has 7 nitrogen and oxygen atoms in total. The van der Waals surface area contributed by atoms with E-state index in [9.17, 15) is 14.9 Å². The van der Waals surface area contributed by atoms with Crippen molar-refractivity contribution in [3.63, 3.8) is 0 Å². The zero-order valence-corrected chi connectivity index (χ0v) is 12.6. The number of fused-ring (bicyclic) bond motifs is 2. The fraction of sp³-hybridized carbons (Fsp3) is 0.615. The van der Waals surface area contributed by atoms with Crippen LogP contribution in [0.1, 0.15) is 36.2 Å². The number of carbonyl (C=O) groups is 1. The number of rotatable bonds is 3. The van der Waals surface area contributed by atoms with E-state index >= 15 is 0 Å². The van der Waals surface area contributed by atoms with Gasteiger partial charge in [0.1, 0.15) is 0 Å². The van der Waals surface area contributed by atoms with E-state index in [-0.39, 0.29) is 35.9 Å². The topological polar surface area (TPSA) is 91.3 Å². The summed E-state index contributed by atoms with van der Waals surface area (Å²) in [4.78, 5) is 26.8. The lowest BCUT2D eigenvalue weighted by Crippen LogP contribution is -2.48. The van der Waals surface area contributed by atoms with Gasteiger partial charge in [-0.2, -0.15) is 0 Å². The fourth-order valence-electron chi connectivity index (χ4n) is 3.31. The standard InChI is InChI=1S/C13H18N4O3.ClH/c1-16(10-6-8-2-3-9(7-10)14-8)13(18)11-4-5-12(15-11)17(19)20;/h4-5,8-10,14-15H,2-3,6-7H2,1H3;1H. The Labute approximate surface area is 128 Å². The van der Waals surface area contributed by atoms with Crippen molar-refractivity contribution in [2.75, 3.05) is 7.05 Å². The molecule has 3 rings (SSSR count). The van der Waals surface area contributed by atoms with Crippen LogP contribution in [0.15, 0.2) is 12.1 Å². The number of nitrogens with zero attached hydrogens (tertiary/aromatic N) is 2. The molecule has 3 heterocycles. The van der Waals surface area contributed by atoms with Gasteiger partial charge in [0.2, 0.25) is 0 Å². The number of aromatic amines is 1. The molecule has 2 saturated heterocycles. The minimum atomic E-state index is -0.526. The second-order valence-corrected chi connectivity index (χ2v) is 5.69. The van der Waals surface area contributed by atoms with Crippen molar-refractivity contribution in [3.8, 4) is 0 Å². The number of amides is 1. The van der Waals surface area contributed by atoms with E-state index in [1.54, 1.807) is 11.9 Å². The predicted molar refractivity (Wildman–Crippen MR) is 79.8 cm³/mol. The molecule has 8 heteroatoms. The molecule has 116 valence electrons. The van der Waals surface area contributed by atoms with Gasteiger partial charge in [-0.15, -0.1) is 12.4 Å². The fourth-order valence-corrected chi connectivity index (χ4v) is 3.31. The molecule has 21 heavy (non-hydrogen) atoms. The molecular formula is C13H19ClN4O3. The van der Waals surface area contributed by atoms with Crippen LogP contribution in [0.4, 0.5) is 5.82 Å². The molecule has 0 radical (unpaired) electrons. The summed E-state index contributed by atoms with van der Waals surface area (Å²) in [5.74, 6) is -0.323. The molecule has 1 amide bonds. The van der Waals surface area contributed by atoms with E-state index in [1.807, 2.05) is 0 Å². The Morgan fingerprint density at radius 1 is 1.33 bits per heavy atom. The molecule has 2 fully saturated rings. The number of piperidine rings is 1. The molecule has 1 aromatic rings. The Bertz CT molecular complexity index is 535. The summed E-state index contributed by atoms with van der Waals surface area (Å²) in [5, 5.41) is 14.2. The molecule has 0 aliphatic carbocycles. The number of nitro groups is 1. The maximum absolute atomic E-state index is 12.4. The molecule has 1 aromatic heterocycles. The molecular weight excluding hydrogens is 296 g/mol. The smallest absolute Gasteiger partial charge is 0.321 e. The monoisotopic (exact) mass is 314 g/mol. The van der Waals surface area contributed by atoms with Crippen molar-refractivity contribution >= 4 is 24.1 Å². The first-order valence-electron chi connectivity index (χ1n) is 6.91. The van der Waals surface area contributed by atoms with Crippen LogP contribution in [-0.2, 0) is 0 Å². The Hall–Kier alpha value is -1.60. The summed E-state index contributed by atoms with van der Waals surface area (Å²) in [6.07, 6.45) is 4.28. The highest BCUT2D eigenvalue weighted by molar-refractivity contribution is 5.93. The van der Waals surface area contributed by atoms with Gasteiger partial charge < -0.3 is 20.3 Å². The van der Waals surface area contributed by atoms with E-state index < -0.39 is 4.92 Å². The zero-order valence-electron chi connectivity index (χ0n) is 11.7. The third kappa shape index (κ3) is 3.03. The van der Waals surface area contributed by atoms with Crippen LogP contribution in [-0.4, -0.2) is 45.9 Å². The highest BCUT2D eigenvalue weighted by Crippen LogP contribution is 2.29. The van der Waals surface area contributed by atoms with Gasteiger partial charge >= 0.3 is 5.82 Å². The lowest BCUT2D eigenvalue weighted by molar-refractivity contribution is -0.389. The van der Waals surface area contributed by atoms with E-state index in [2.05, 4.69) is 10.3 Å². The van der Waals surface area contributed by atoms with E-state index in [4.69, 9.17) is 0 Å². The third-order valence-corrected chi connectivity index (χ3v) is 4.41. The Kier molecular flexibility index (Phi) is 4.53. The van der Waals surface area contributed by atoms with Gasteiger partial charge in [-0.1, -0.05) is 0 Å². The summed E-state index contributed by atoms with van der Waals surface area (Å²) >= 11 is 0. The van der Waals surface area contributed by atoms with Crippen molar-refractivity contribution in [2.45, 2.75) is 43.8 Å². The van der Waals surface area contributed by atoms with Crippen molar-refractivity contribution in [2.24, 2.45) is 0 Å². The lowest BCUT2D eigenvalue weighted by Gasteiger charge is -2.35. The van der Waals surface area contributed by atoms with Crippen LogP contribution in [0.25, 0.3) is 0 Å². The van der Waals surface area contributed by atoms with Gasteiger partial charge in [-0.3, -0.25) is 4.79 Å². The van der Waals surface area contributed by atoms with Crippen LogP contribution in [0.5, 0.6) is 0 Å². The molecule has 2 aliphatic heterocycles. The molecule has 2 atom stereocenters. The van der Waals surface area contributed by atoms with Crippen molar-refractivity contribution < 1.29 is 9.72 Å². The number of H-pyrrole nitrogens is 1. The highest BCUT2D eigenvalue weighted by Gasteiger charge is 2.37. The number of aromatic nitrogens is 1. The van der Waals surface area contributed by atoms with Gasteiger partial charge in [-0.25, -0.2) is 4.98 Å². The van der Waals surface area contributed by atoms with Gasteiger partial charge in [-0.05, 0) is 36.7 Å².